The Balaban J connectivity index is 0.000000360. The number of alkyl halides is 3. The van der Waals surface area contributed by atoms with Crippen molar-refractivity contribution in [1.82, 2.24) is 25.1 Å². The van der Waals surface area contributed by atoms with Crippen molar-refractivity contribution >= 4 is 23.0 Å². The number of H-pyrrole nitrogens is 2. The van der Waals surface area contributed by atoms with Gasteiger partial charge in [0.2, 0.25) is 0 Å². The summed E-state index contributed by atoms with van der Waals surface area (Å²) >= 11 is 0. The van der Waals surface area contributed by atoms with Crippen LogP contribution in [0.4, 0.5) is 17.6 Å². The number of hydrogen-bond donors (Lipinski definition) is 4. The molecule has 0 aliphatic carbocycles. The zero-order valence-electron chi connectivity index (χ0n) is 16.5. The first-order valence-corrected chi connectivity index (χ1v) is 9.51. The van der Waals surface area contributed by atoms with E-state index in [4.69, 9.17) is 9.90 Å². The maximum atomic E-state index is 13.8. The number of aromatic carboxylic acids is 1. The second-order valence-electron chi connectivity index (χ2n) is 7.11. The Hall–Kier alpha value is -3.48. The van der Waals surface area contributed by atoms with Gasteiger partial charge in [-0.3, -0.25) is 10.00 Å². The lowest BCUT2D eigenvalue weighted by Crippen LogP contribution is -2.34. The van der Waals surface area contributed by atoms with E-state index in [1.807, 2.05) is 0 Å². The molecule has 1 saturated heterocycles. The van der Waals surface area contributed by atoms with Crippen molar-refractivity contribution < 1.29 is 37.4 Å². The molecule has 1 atom stereocenters. The molecule has 32 heavy (non-hydrogen) atoms. The lowest BCUT2D eigenvalue weighted by atomic mass is 9.97. The first-order chi connectivity index (χ1) is 15.1. The van der Waals surface area contributed by atoms with Crippen LogP contribution in [0.1, 0.15) is 47.2 Å². The largest absolute Gasteiger partial charge is 0.490 e. The predicted molar refractivity (Wildman–Crippen MR) is 102 cm³/mol. The average Bonchev–Trinajstić information content (AvgIpc) is 3.36. The molecule has 9 nitrogen and oxygen atoms in total. The SMILES string of the molecule is O=C(O)C(F)(F)F.O=C(O)c1cn[nH]c1C1CCCCN1Cc1nc2c(F)cccc2[nH]1. The maximum Gasteiger partial charge on any atom is 0.490 e. The van der Waals surface area contributed by atoms with E-state index in [0.29, 0.717) is 29.1 Å². The second kappa shape index (κ2) is 9.34. The van der Waals surface area contributed by atoms with Gasteiger partial charge in [-0.15, -0.1) is 0 Å². The third-order valence-electron chi connectivity index (χ3n) is 4.95. The summed E-state index contributed by atoms with van der Waals surface area (Å²) in [6.07, 6.45) is -0.840. The lowest BCUT2D eigenvalue weighted by molar-refractivity contribution is -0.192. The molecule has 3 heterocycles. The van der Waals surface area contributed by atoms with Crippen LogP contribution in [0.2, 0.25) is 0 Å². The maximum absolute atomic E-state index is 13.8. The first-order valence-electron chi connectivity index (χ1n) is 9.51. The number of para-hydroxylation sites is 1. The van der Waals surface area contributed by atoms with Crippen LogP contribution >= 0.6 is 0 Å². The van der Waals surface area contributed by atoms with Crippen LogP contribution in [0, 0.1) is 5.82 Å². The van der Waals surface area contributed by atoms with E-state index < -0.39 is 18.1 Å². The number of hydrogen-bond acceptors (Lipinski definition) is 5. The topological polar surface area (TPSA) is 135 Å². The number of benzene rings is 1. The van der Waals surface area contributed by atoms with Crippen LogP contribution in [0.5, 0.6) is 0 Å². The molecule has 1 aromatic carbocycles. The number of carboxylic acid groups (broad SMARTS) is 2. The van der Waals surface area contributed by atoms with Gasteiger partial charge in [-0.2, -0.15) is 18.3 Å². The number of rotatable bonds is 4. The van der Waals surface area contributed by atoms with Gasteiger partial charge in [-0.05, 0) is 31.5 Å². The number of piperidine rings is 1. The number of halogens is 4. The Kier molecular flexibility index (Phi) is 6.77. The zero-order valence-corrected chi connectivity index (χ0v) is 16.5. The number of nitrogens with zero attached hydrogens (tertiary/aromatic N) is 3. The van der Waals surface area contributed by atoms with Crippen LogP contribution in [-0.4, -0.2) is 59.9 Å². The van der Waals surface area contributed by atoms with Crippen LogP contribution in [-0.2, 0) is 11.3 Å². The molecular formula is C19H19F4N5O4. The Morgan fingerprint density at radius 1 is 1.22 bits per heavy atom. The molecule has 0 spiro atoms. The minimum Gasteiger partial charge on any atom is -0.478 e. The lowest BCUT2D eigenvalue weighted by Gasteiger charge is -2.34. The number of aliphatic carboxylic acids is 1. The second-order valence-corrected chi connectivity index (χ2v) is 7.11. The normalized spacial score (nSPS) is 17.1. The van der Waals surface area contributed by atoms with Crippen molar-refractivity contribution in [2.75, 3.05) is 6.54 Å². The van der Waals surface area contributed by atoms with Gasteiger partial charge in [-0.25, -0.2) is 19.0 Å². The van der Waals surface area contributed by atoms with Crippen molar-refractivity contribution in [2.45, 2.75) is 38.0 Å². The van der Waals surface area contributed by atoms with Gasteiger partial charge >= 0.3 is 18.1 Å². The summed E-state index contributed by atoms with van der Waals surface area (Å²) in [6, 6.07) is 4.76. The highest BCUT2D eigenvalue weighted by molar-refractivity contribution is 5.88. The third kappa shape index (κ3) is 5.22. The Labute approximate surface area is 178 Å². The molecule has 0 bridgehead atoms. The van der Waals surface area contributed by atoms with Gasteiger partial charge < -0.3 is 15.2 Å². The smallest absolute Gasteiger partial charge is 0.478 e. The fourth-order valence-electron chi connectivity index (χ4n) is 3.54. The van der Waals surface area contributed by atoms with Crippen LogP contribution in [0.15, 0.2) is 24.4 Å². The number of carbonyl (C=O) groups is 2. The minimum absolute atomic E-state index is 0.0691. The molecule has 172 valence electrons. The van der Waals surface area contributed by atoms with Crippen molar-refractivity contribution in [2.24, 2.45) is 0 Å². The van der Waals surface area contributed by atoms with E-state index in [1.165, 1.54) is 12.3 Å². The summed E-state index contributed by atoms with van der Waals surface area (Å²) in [5.74, 6) is -3.42. The molecule has 0 saturated carbocycles. The first kappa shape index (κ1) is 23.2. The fourth-order valence-corrected chi connectivity index (χ4v) is 3.54. The molecule has 3 aromatic rings. The van der Waals surface area contributed by atoms with Crippen molar-refractivity contribution in [3.8, 4) is 0 Å². The average molecular weight is 457 g/mol. The number of carboxylic acids is 2. The highest BCUT2D eigenvalue weighted by Crippen LogP contribution is 2.32. The summed E-state index contributed by atoms with van der Waals surface area (Å²) < 4.78 is 45.6. The Morgan fingerprint density at radius 3 is 2.56 bits per heavy atom. The van der Waals surface area contributed by atoms with E-state index >= 15 is 0 Å². The zero-order chi connectivity index (χ0) is 23.5. The van der Waals surface area contributed by atoms with Crippen LogP contribution < -0.4 is 0 Å². The number of nitrogens with one attached hydrogen (secondary N) is 2. The van der Waals surface area contributed by atoms with E-state index in [1.54, 1.807) is 12.1 Å². The molecule has 4 N–H and O–H groups in total. The number of imidazole rings is 1. The van der Waals surface area contributed by atoms with Crippen molar-refractivity contribution in [3.05, 3.63) is 47.3 Å². The minimum atomic E-state index is -5.08. The molecule has 2 aromatic heterocycles. The van der Waals surface area contributed by atoms with Gasteiger partial charge in [0, 0.05) is 0 Å². The van der Waals surface area contributed by atoms with Gasteiger partial charge in [0.05, 0.1) is 30.0 Å². The van der Waals surface area contributed by atoms with E-state index in [-0.39, 0.29) is 17.4 Å². The molecule has 1 unspecified atom stereocenters. The van der Waals surface area contributed by atoms with Gasteiger partial charge in [0.25, 0.3) is 0 Å². The van der Waals surface area contributed by atoms with Gasteiger partial charge in [0.15, 0.2) is 5.82 Å². The molecule has 4 rings (SSSR count). The van der Waals surface area contributed by atoms with Gasteiger partial charge in [0.1, 0.15) is 16.9 Å². The molecule has 1 aliphatic rings. The van der Waals surface area contributed by atoms with E-state index in [9.17, 15) is 27.5 Å². The molecule has 1 aliphatic heterocycles. The standard InChI is InChI=1S/C17H18FN5O2.C2HF3O2/c18-11-4-3-5-12-16(11)21-14(20-12)9-23-7-2-1-6-13(23)15-10(17(24)25)8-19-22-15;3-2(4,5)1(6)7/h3-5,8,13H,1-2,6-7,9H2,(H,19,22)(H,20,21)(H,24,25);(H,6,7). The molecule has 0 amide bonds. The third-order valence-corrected chi connectivity index (χ3v) is 4.95. The number of aromatic amines is 2. The number of fused-ring (bicyclic) bond motifs is 1. The summed E-state index contributed by atoms with van der Waals surface area (Å²) in [7, 11) is 0. The molecule has 13 heteroatoms. The van der Waals surface area contributed by atoms with Crippen LogP contribution in [0.3, 0.4) is 0 Å². The van der Waals surface area contributed by atoms with Gasteiger partial charge in [-0.1, -0.05) is 12.5 Å². The van der Waals surface area contributed by atoms with Crippen molar-refractivity contribution in [3.63, 3.8) is 0 Å². The molecular weight excluding hydrogens is 438 g/mol. The Morgan fingerprint density at radius 2 is 1.94 bits per heavy atom. The molecule has 0 radical (unpaired) electrons. The summed E-state index contributed by atoms with van der Waals surface area (Å²) in [6.45, 7) is 1.32. The van der Waals surface area contributed by atoms with E-state index in [2.05, 4.69) is 25.1 Å². The fraction of sp³-hybridized carbons (Fsp3) is 0.368. The Bertz CT molecular complexity index is 1110. The quantitative estimate of drug-likeness (QED) is 0.441. The highest BCUT2D eigenvalue weighted by Gasteiger charge is 2.38. The summed E-state index contributed by atoms with van der Waals surface area (Å²) in [5, 5.41) is 23.2. The molecule has 1 fully saturated rings. The summed E-state index contributed by atoms with van der Waals surface area (Å²) in [4.78, 5) is 30.0. The monoisotopic (exact) mass is 457 g/mol. The summed E-state index contributed by atoms with van der Waals surface area (Å²) in [5.41, 5.74) is 1.82. The van der Waals surface area contributed by atoms with Crippen LogP contribution in [0.25, 0.3) is 11.0 Å². The number of aromatic nitrogens is 4. The predicted octanol–water partition coefficient (Wildman–Crippen LogP) is 3.48. The number of likely N-dealkylation sites (tertiary alicyclic amines) is 1. The van der Waals surface area contributed by atoms with Crippen molar-refractivity contribution in [1.29, 1.82) is 0 Å². The highest BCUT2D eigenvalue weighted by atomic mass is 19.4. The van der Waals surface area contributed by atoms with E-state index in [0.717, 1.165) is 25.8 Å².